The van der Waals surface area contributed by atoms with E-state index in [1.54, 1.807) is 0 Å². The van der Waals surface area contributed by atoms with Crippen molar-refractivity contribution in [3.8, 4) is 27.9 Å². The lowest BCUT2D eigenvalue weighted by molar-refractivity contribution is 0.660. The molecule has 5 aromatic carbocycles. The van der Waals surface area contributed by atoms with Crippen molar-refractivity contribution in [1.82, 2.24) is 4.57 Å². The van der Waals surface area contributed by atoms with Crippen molar-refractivity contribution in [2.45, 2.75) is 19.3 Å². The highest BCUT2D eigenvalue weighted by atomic mass is 35.5. The molecule has 0 atom stereocenters. The zero-order valence-electron chi connectivity index (χ0n) is 19.7. The smallest absolute Gasteiger partial charge is 0.0542 e. The van der Waals surface area contributed by atoms with Gasteiger partial charge in [-0.2, -0.15) is 0 Å². The van der Waals surface area contributed by atoms with Crippen LogP contribution in [0.5, 0.6) is 0 Å². The van der Waals surface area contributed by atoms with Gasteiger partial charge in [-0.15, -0.1) is 0 Å². The van der Waals surface area contributed by atoms with Crippen LogP contribution < -0.4 is 0 Å². The van der Waals surface area contributed by atoms with Crippen molar-refractivity contribution in [1.29, 1.82) is 0 Å². The Kier molecular flexibility index (Phi) is 4.31. The lowest BCUT2D eigenvalue weighted by atomic mass is 9.81. The zero-order chi connectivity index (χ0) is 23.7. The summed E-state index contributed by atoms with van der Waals surface area (Å²) in [6.45, 7) is 4.67. The molecule has 0 unspecified atom stereocenters. The maximum atomic E-state index is 6.46. The molecule has 0 fully saturated rings. The molecule has 7 rings (SSSR count). The molecule has 35 heavy (non-hydrogen) atoms. The summed E-state index contributed by atoms with van der Waals surface area (Å²) in [5.41, 5.74) is 11.5. The molecule has 1 aliphatic rings. The van der Waals surface area contributed by atoms with Gasteiger partial charge in [0.15, 0.2) is 0 Å². The SMILES string of the molecule is CC1(C)c2ccccc2-c2ccc(-c3ccc4c(c3)c3cc(Cl)ccc3n4-c3ccccc3)cc21. The van der Waals surface area contributed by atoms with Gasteiger partial charge in [0.2, 0.25) is 0 Å². The second kappa shape index (κ2) is 7.34. The Morgan fingerprint density at radius 2 is 1.20 bits per heavy atom. The van der Waals surface area contributed by atoms with E-state index in [0.29, 0.717) is 0 Å². The van der Waals surface area contributed by atoms with Crippen molar-refractivity contribution in [2.24, 2.45) is 0 Å². The van der Waals surface area contributed by atoms with E-state index in [1.165, 1.54) is 55.2 Å². The number of hydrogen-bond donors (Lipinski definition) is 0. The standard InChI is InChI=1S/C33H24ClN/c1-33(2)29-11-7-6-10-25(29)26-15-12-22(19-30(26)33)21-13-16-31-27(18-21)28-20-23(34)14-17-32(28)35(31)24-8-4-3-5-9-24/h3-20H,1-2H3. The maximum Gasteiger partial charge on any atom is 0.0542 e. The summed E-state index contributed by atoms with van der Waals surface area (Å²) < 4.78 is 2.33. The predicted molar refractivity (Wildman–Crippen MR) is 149 cm³/mol. The van der Waals surface area contributed by atoms with E-state index in [4.69, 9.17) is 11.6 Å². The molecule has 0 saturated carbocycles. The number of fused-ring (bicyclic) bond motifs is 6. The van der Waals surface area contributed by atoms with Crippen LogP contribution in [0.15, 0.2) is 109 Å². The minimum absolute atomic E-state index is 0.0110. The first-order chi connectivity index (χ1) is 17.0. The molecule has 0 spiro atoms. The van der Waals surface area contributed by atoms with Gasteiger partial charge in [-0.25, -0.2) is 0 Å². The third-order valence-corrected chi connectivity index (χ3v) is 7.89. The number of para-hydroxylation sites is 1. The highest BCUT2D eigenvalue weighted by molar-refractivity contribution is 6.32. The molecule has 0 amide bonds. The number of halogens is 1. The first-order valence-electron chi connectivity index (χ1n) is 12.1. The minimum atomic E-state index is -0.0110. The van der Waals surface area contributed by atoms with Crippen molar-refractivity contribution >= 4 is 33.4 Å². The Balaban J connectivity index is 1.45. The van der Waals surface area contributed by atoms with Crippen molar-refractivity contribution in [3.63, 3.8) is 0 Å². The molecular formula is C33H24ClN. The molecule has 1 heterocycles. The summed E-state index contributed by atoms with van der Waals surface area (Å²) >= 11 is 6.46. The molecule has 0 saturated heterocycles. The highest BCUT2D eigenvalue weighted by Crippen LogP contribution is 2.49. The van der Waals surface area contributed by atoms with Crippen LogP contribution in [0.3, 0.4) is 0 Å². The minimum Gasteiger partial charge on any atom is -0.309 e. The molecule has 0 bridgehead atoms. The molecule has 0 N–H and O–H groups in total. The van der Waals surface area contributed by atoms with Crippen LogP contribution in [-0.2, 0) is 5.41 Å². The summed E-state index contributed by atoms with van der Waals surface area (Å²) in [6.07, 6.45) is 0. The Morgan fingerprint density at radius 3 is 2.03 bits per heavy atom. The summed E-state index contributed by atoms with van der Waals surface area (Å²) in [5.74, 6) is 0. The van der Waals surface area contributed by atoms with Gasteiger partial charge in [0.1, 0.15) is 0 Å². The van der Waals surface area contributed by atoms with Crippen molar-refractivity contribution in [3.05, 3.63) is 125 Å². The van der Waals surface area contributed by atoms with Crippen LogP contribution in [0.4, 0.5) is 0 Å². The lowest BCUT2D eigenvalue weighted by Crippen LogP contribution is -2.14. The molecule has 1 aromatic heterocycles. The Bertz CT molecular complexity index is 1770. The van der Waals surface area contributed by atoms with E-state index in [9.17, 15) is 0 Å². The first-order valence-corrected chi connectivity index (χ1v) is 12.4. The average molecular weight is 470 g/mol. The third kappa shape index (κ3) is 2.95. The molecule has 168 valence electrons. The van der Waals surface area contributed by atoms with E-state index in [-0.39, 0.29) is 5.41 Å². The summed E-state index contributed by atoms with van der Waals surface area (Å²) in [4.78, 5) is 0. The van der Waals surface area contributed by atoms with Gasteiger partial charge < -0.3 is 4.57 Å². The number of nitrogens with zero attached hydrogens (tertiary/aromatic N) is 1. The highest BCUT2D eigenvalue weighted by Gasteiger charge is 2.35. The van der Waals surface area contributed by atoms with E-state index in [0.717, 1.165) is 10.7 Å². The first kappa shape index (κ1) is 20.6. The molecule has 6 aromatic rings. The van der Waals surface area contributed by atoms with Crippen molar-refractivity contribution < 1.29 is 0 Å². The second-order valence-electron chi connectivity index (χ2n) is 10.00. The van der Waals surface area contributed by atoms with E-state index >= 15 is 0 Å². The van der Waals surface area contributed by atoms with Gasteiger partial charge in [-0.3, -0.25) is 0 Å². The largest absolute Gasteiger partial charge is 0.309 e. The third-order valence-electron chi connectivity index (χ3n) is 7.66. The van der Waals surface area contributed by atoms with Gasteiger partial charge in [0.25, 0.3) is 0 Å². The molecular weight excluding hydrogens is 446 g/mol. The van der Waals surface area contributed by atoms with E-state index in [1.807, 2.05) is 6.07 Å². The van der Waals surface area contributed by atoms with Crippen LogP contribution >= 0.6 is 11.6 Å². The maximum absolute atomic E-state index is 6.46. The van der Waals surface area contributed by atoms with Gasteiger partial charge in [-0.05, 0) is 81.9 Å². The quantitative estimate of drug-likeness (QED) is 0.238. The monoisotopic (exact) mass is 469 g/mol. The van der Waals surface area contributed by atoms with Crippen LogP contribution in [-0.4, -0.2) is 4.57 Å². The Hall–Kier alpha value is -3.81. The number of benzene rings is 5. The van der Waals surface area contributed by atoms with Gasteiger partial charge in [-0.1, -0.05) is 86.1 Å². The Morgan fingerprint density at radius 1 is 0.571 bits per heavy atom. The van der Waals surface area contributed by atoms with Gasteiger partial charge >= 0.3 is 0 Å². The molecule has 0 aliphatic heterocycles. The molecule has 1 aliphatic carbocycles. The second-order valence-corrected chi connectivity index (χ2v) is 10.4. The van der Waals surface area contributed by atoms with Crippen LogP contribution in [0.25, 0.3) is 49.7 Å². The van der Waals surface area contributed by atoms with Gasteiger partial charge in [0, 0.05) is 26.9 Å². The lowest BCUT2D eigenvalue weighted by Gasteiger charge is -2.22. The topological polar surface area (TPSA) is 4.93 Å². The zero-order valence-corrected chi connectivity index (χ0v) is 20.5. The van der Waals surface area contributed by atoms with Crippen LogP contribution in [0.1, 0.15) is 25.0 Å². The predicted octanol–water partition coefficient (Wildman–Crippen LogP) is 9.41. The van der Waals surface area contributed by atoms with Gasteiger partial charge in [0.05, 0.1) is 11.0 Å². The van der Waals surface area contributed by atoms with Crippen LogP contribution in [0.2, 0.25) is 5.02 Å². The molecule has 0 radical (unpaired) electrons. The normalized spacial score (nSPS) is 13.8. The summed E-state index contributed by atoms with van der Waals surface area (Å²) in [7, 11) is 0. The average Bonchev–Trinajstić information content (AvgIpc) is 3.33. The summed E-state index contributed by atoms with van der Waals surface area (Å²) in [6, 6.07) is 39.3. The van der Waals surface area contributed by atoms with E-state index in [2.05, 4.69) is 122 Å². The molecule has 1 nitrogen and oxygen atoms in total. The fourth-order valence-electron chi connectivity index (χ4n) is 5.91. The molecule has 2 heteroatoms. The fourth-order valence-corrected chi connectivity index (χ4v) is 6.09. The number of rotatable bonds is 2. The Labute approximate surface area is 210 Å². The number of aromatic nitrogens is 1. The number of hydrogen-bond acceptors (Lipinski definition) is 0. The fraction of sp³-hybridized carbons (Fsp3) is 0.0909. The van der Waals surface area contributed by atoms with Crippen molar-refractivity contribution in [2.75, 3.05) is 0 Å². The van der Waals surface area contributed by atoms with Crippen LogP contribution in [0, 0.1) is 0 Å². The summed E-state index contributed by atoms with van der Waals surface area (Å²) in [5, 5.41) is 3.14. The van der Waals surface area contributed by atoms with E-state index < -0.39 is 0 Å².